The van der Waals surface area contributed by atoms with Gasteiger partial charge in [-0.15, -0.1) is 0 Å². The average Bonchev–Trinajstić information content (AvgIpc) is 3.05. The van der Waals surface area contributed by atoms with Crippen LogP contribution in [-0.4, -0.2) is 33.4 Å². The first-order valence-electron chi connectivity index (χ1n) is 7.86. The maximum atomic E-state index is 6.35. The molecule has 3 aliphatic rings. The molecule has 1 atom stereocenters. The monoisotopic (exact) mass is 310 g/mol. The van der Waals surface area contributed by atoms with Gasteiger partial charge in [-0.1, -0.05) is 6.07 Å². The lowest BCUT2D eigenvalue weighted by Gasteiger charge is -2.26. The van der Waals surface area contributed by atoms with E-state index in [1.54, 1.807) is 0 Å². The first-order valence-corrected chi connectivity index (χ1v) is 7.86. The molecule has 23 heavy (non-hydrogen) atoms. The number of anilines is 2. The van der Waals surface area contributed by atoms with Gasteiger partial charge < -0.3 is 24.8 Å². The molecule has 0 fully saturated rings. The topological polar surface area (TPSA) is 57.0 Å². The van der Waals surface area contributed by atoms with Crippen LogP contribution in [0.2, 0.25) is 0 Å². The highest BCUT2D eigenvalue weighted by molar-refractivity contribution is 5.77. The standard InChI is InChI=1S/C18H18N2O3/c1-20-9-18(17-12(19)3-2-4-13(17)20)10-23-14-8-16-15(7-11(14)18)21-5-6-22-16/h2-4,7-8H,5-6,9-10,19H2,1H3. The SMILES string of the molecule is CN1CC2(COc3cc4c(cc32)OCCO4)c2c(N)cccc21. The average molecular weight is 310 g/mol. The largest absolute Gasteiger partial charge is 0.492 e. The molecule has 0 saturated carbocycles. The highest BCUT2D eigenvalue weighted by atomic mass is 16.6. The van der Waals surface area contributed by atoms with Gasteiger partial charge in [0.05, 0.1) is 5.41 Å². The van der Waals surface area contributed by atoms with Crippen LogP contribution in [0.15, 0.2) is 30.3 Å². The molecule has 1 unspecified atom stereocenters. The number of hydrogen-bond acceptors (Lipinski definition) is 5. The molecule has 0 radical (unpaired) electrons. The molecule has 1 spiro atoms. The van der Waals surface area contributed by atoms with Crippen LogP contribution in [0.3, 0.4) is 0 Å². The summed E-state index contributed by atoms with van der Waals surface area (Å²) >= 11 is 0. The Balaban J connectivity index is 1.74. The summed E-state index contributed by atoms with van der Waals surface area (Å²) in [6.07, 6.45) is 0. The molecule has 3 aliphatic heterocycles. The highest BCUT2D eigenvalue weighted by Crippen LogP contribution is 2.55. The van der Waals surface area contributed by atoms with E-state index in [1.165, 1.54) is 5.69 Å². The Bertz CT molecular complexity index is 820. The van der Waals surface area contributed by atoms with Gasteiger partial charge in [0, 0.05) is 42.2 Å². The van der Waals surface area contributed by atoms with E-state index in [-0.39, 0.29) is 5.41 Å². The fourth-order valence-electron chi connectivity index (χ4n) is 4.15. The quantitative estimate of drug-likeness (QED) is 0.756. The van der Waals surface area contributed by atoms with E-state index in [0.29, 0.717) is 19.8 Å². The molecule has 5 nitrogen and oxygen atoms in total. The zero-order chi connectivity index (χ0) is 15.6. The Morgan fingerprint density at radius 1 is 1.04 bits per heavy atom. The van der Waals surface area contributed by atoms with Gasteiger partial charge in [-0.05, 0) is 18.2 Å². The Labute approximate surface area is 134 Å². The Morgan fingerprint density at radius 3 is 2.65 bits per heavy atom. The fourth-order valence-corrected chi connectivity index (χ4v) is 4.15. The molecule has 118 valence electrons. The van der Waals surface area contributed by atoms with Gasteiger partial charge in [0.25, 0.3) is 0 Å². The number of hydrogen-bond donors (Lipinski definition) is 1. The van der Waals surface area contributed by atoms with Crippen molar-refractivity contribution in [3.63, 3.8) is 0 Å². The minimum atomic E-state index is -0.236. The zero-order valence-electron chi connectivity index (χ0n) is 13.0. The number of benzene rings is 2. The van der Waals surface area contributed by atoms with E-state index < -0.39 is 0 Å². The summed E-state index contributed by atoms with van der Waals surface area (Å²) in [5.74, 6) is 2.43. The van der Waals surface area contributed by atoms with Crippen molar-refractivity contribution < 1.29 is 14.2 Å². The zero-order valence-corrected chi connectivity index (χ0v) is 13.0. The Hall–Kier alpha value is -2.56. The Kier molecular flexibility index (Phi) is 2.39. The number of fused-ring (bicyclic) bond motifs is 5. The molecule has 5 heteroatoms. The molecule has 3 heterocycles. The minimum Gasteiger partial charge on any atom is -0.492 e. The summed E-state index contributed by atoms with van der Waals surface area (Å²) in [5.41, 5.74) is 10.4. The van der Waals surface area contributed by atoms with Crippen molar-refractivity contribution >= 4 is 11.4 Å². The first-order chi connectivity index (χ1) is 11.2. The summed E-state index contributed by atoms with van der Waals surface area (Å²) in [6, 6.07) is 10.1. The van der Waals surface area contributed by atoms with Crippen LogP contribution in [0.4, 0.5) is 11.4 Å². The maximum absolute atomic E-state index is 6.35. The number of ether oxygens (including phenoxy) is 3. The normalized spacial score (nSPS) is 23.6. The second-order valence-electron chi connectivity index (χ2n) is 6.46. The lowest BCUT2D eigenvalue weighted by molar-refractivity contribution is 0.171. The number of nitrogen functional groups attached to an aromatic ring is 1. The van der Waals surface area contributed by atoms with Crippen LogP contribution in [0.5, 0.6) is 17.2 Å². The number of likely N-dealkylation sites (N-methyl/N-ethyl adjacent to an activating group) is 1. The molecule has 0 aromatic heterocycles. The summed E-state index contributed by atoms with van der Waals surface area (Å²) in [5, 5.41) is 0. The van der Waals surface area contributed by atoms with Gasteiger partial charge in [0.2, 0.25) is 0 Å². The van der Waals surface area contributed by atoms with E-state index in [0.717, 1.165) is 40.6 Å². The van der Waals surface area contributed by atoms with Crippen LogP contribution in [0.1, 0.15) is 11.1 Å². The Morgan fingerprint density at radius 2 is 1.83 bits per heavy atom. The van der Waals surface area contributed by atoms with Gasteiger partial charge in [-0.3, -0.25) is 0 Å². The third-order valence-electron chi connectivity index (χ3n) is 5.11. The minimum absolute atomic E-state index is 0.236. The lowest BCUT2D eigenvalue weighted by atomic mass is 9.77. The van der Waals surface area contributed by atoms with Crippen molar-refractivity contribution in [2.75, 3.05) is 44.0 Å². The second-order valence-corrected chi connectivity index (χ2v) is 6.46. The van der Waals surface area contributed by atoms with Crippen LogP contribution in [0.25, 0.3) is 0 Å². The van der Waals surface area contributed by atoms with Crippen molar-refractivity contribution in [1.29, 1.82) is 0 Å². The molecule has 2 N–H and O–H groups in total. The van der Waals surface area contributed by atoms with E-state index >= 15 is 0 Å². The number of nitrogens with zero attached hydrogens (tertiary/aromatic N) is 1. The predicted molar refractivity (Wildman–Crippen MR) is 87.8 cm³/mol. The summed E-state index contributed by atoms with van der Waals surface area (Å²) in [7, 11) is 2.10. The van der Waals surface area contributed by atoms with Crippen LogP contribution in [0, 0.1) is 0 Å². The molecular weight excluding hydrogens is 292 g/mol. The molecule has 0 bridgehead atoms. The van der Waals surface area contributed by atoms with Gasteiger partial charge in [-0.25, -0.2) is 0 Å². The molecule has 5 rings (SSSR count). The molecule has 0 saturated heterocycles. The summed E-state index contributed by atoms with van der Waals surface area (Å²) in [6.45, 7) is 2.60. The lowest BCUT2D eigenvalue weighted by Crippen LogP contribution is -2.35. The van der Waals surface area contributed by atoms with Crippen LogP contribution >= 0.6 is 0 Å². The molecule has 0 aliphatic carbocycles. The van der Waals surface area contributed by atoms with E-state index in [9.17, 15) is 0 Å². The highest BCUT2D eigenvalue weighted by Gasteiger charge is 2.50. The maximum Gasteiger partial charge on any atom is 0.165 e. The van der Waals surface area contributed by atoms with Crippen LogP contribution in [-0.2, 0) is 5.41 Å². The third kappa shape index (κ3) is 1.57. The second kappa shape index (κ2) is 4.25. The van der Waals surface area contributed by atoms with Gasteiger partial charge in [0.15, 0.2) is 11.5 Å². The fraction of sp³-hybridized carbons (Fsp3) is 0.333. The molecule has 0 amide bonds. The molecule has 2 aromatic carbocycles. The first kappa shape index (κ1) is 12.9. The van der Waals surface area contributed by atoms with Crippen molar-refractivity contribution in [1.82, 2.24) is 0 Å². The smallest absolute Gasteiger partial charge is 0.165 e. The predicted octanol–water partition coefficient (Wildman–Crippen LogP) is 2.17. The molecule has 2 aromatic rings. The van der Waals surface area contributed by atoms with Crippen molar-refractivity contribution in [2.24, 2.45) is 0 Å². The van der Waals surface area contributed by atoms with Crippen molar-refractivity contribution in [3.8, 4) is 17.2 Å². The molecular formula is C18H18N2O3. The van der Waals surface area contributed by atoms with E-state index in [2.05, 4.69) is 24.1 Å². The van der Waals surface area contributed by atoms with Crippen molar-refractivity contribution in [3.05, 3.63) is 41.5 Å². The van der Waals surface area contributed by atoms with Gasteiger partial charge in [0.1, 0.15) is 25.6 Å². The van der Waals surface area contributed by atoms with Gasteiger partial charge in [-0.2, -0.15) is 0 Å². The van der Waals surface area contributed by atoms with Gasteiger partial charge >= 0.3 is 0 Å². The van der Waals surface area contributed by atoms with E-state index in [4.69, 9.17) is 19.9 Å². The third-order valence-corrected chi connectivity index (χ3v) is 5.11. The summed E-state index contributed by atoms with van der Waals surface area (Å²) in [4.78, 5) is 2.25. The number of nitrogens with two attached hydrogens (primary N) is 1. The van der Waals surface area contributed by atoms with Crippen molar-refractivity contribution in [2.45, 2.75) is 5.41 Å². The van der Waals surface area contributed by atoms with E-state index in [1.807, 2.05) is 18.2 Å². The summed E-state index contributed by atoms with van der Waals surface area (Å²) < 4.78 is 17.5. The van der Waals surface area contributed by atoms with Crippen LogP contribution < -0.4 is 24.8 Å². The number of rotatable bonds is 0.